The second kappa shape index (κ2) is 13.9. The van der Waals surface area contributed by atoms with E-state index in [0.29, 0.717) is 0 Å². The lowest BCUT2D eigenvalue weighted by Crippen LogP contribution is -1.98. The number of aromatic nitrogens is 3. The fourth-order valence-corrected chi connectivity index (χ4v) is 9.16. The summed E-state index contributed by atoms with van der Waals surface area (Å²) < 4.78 is 4.35. The van der Waals surface area contributed by atoms with Gasteiger partial charge < -0.3 is 19.3 Å². The number of hydrogen-bond acceptors (Lipinski definition) is 3. The number of fused-ring (bicyclic) bond motifs is 6. The van der Waals surface area contributed by atoms with Gasteiger partial charge >= 0.3 is 0 Å². The van der Waals surface area contributed by atoms with Gasteiger partial charge in [0.25, 0.3) is 0 Å². The average molecular weight is 774 g/mol. The highest BCUT2D eigenvalue weighted by atomic mass is 16.3. The molecule has 0 aliphatic rings. The Morgan fingerprint density at radius 3 is 1.47 bits per heavy atom. The highest BCUT2D eigenvalue weighted by Crippen LogP contribution is 2.44. The summed E-state index contributed by atoms with van der Waals surface area (Å²) in [5, 5.41) is 28.8. The first kappa shape index (κ1) is 35.3. The Morgan fingerprint density at radius 1 is 0.350 bits per heavy atom. The number of aromatic hydroxyl groups is 2. The zero-order valence-electron chi connectivity index (χ0n) is 33.1. The second-order valence-electron chi connectivity index (χ2n) is 15.6. The SMILES string of the molecule is Cc1cc(-c2ccccc2)c(O)c(-n2c3ccccc3c3ccc(-c4cccc(-c5ccccc5-c5cc(C)cc(-n6c7ccccc7c7ccccc76)c5O)n4)cc32)c1. The summed E-state index contributed by atoms with van der Waals surface area (Å²) in [6.07, 6.45) is 0. The quantitative estimate of drug-likeness (QED) is 0.177. The summed E-state index contributed by atoms with van der Waals surface area (Å²) >= 11 is 0. The average Bonchev–Trinajstić information content (AvgIpc) is 3.80. The van der Waals surface area contributed by atoms with Crippen LogP contribution in [0, 0.1) is 13.8 Å². The van der Waals surface area contributed by atoms with E-state index in [0.717, 1.165) is 111 Å². The molecule has 0 aliphatic carbocycles. The molecule has 0 aliphatic heterocycles. The Kier molecular flexibility index (Phi) is 8.17. The number of aryl methyl sites for hydroxylation is 2. The van der Waals surface area contributed by atoms with Crippen LogP contribution in [0.1, 0.15) is 11.1 Å². The molecule has 5 nitrogen and oxygen atoms in total. The smallest absolute Gasteiger partial charge is 0.147 e. The van der Waals surface area contributed by atoms with Gasteiger partial charge in [0, 0.05) is 43.8 Å². The summed E-state index contributed by atoms with van der Waals surface area (Å²) in [5.41, 5.74) is 14.5. The van der Waals surface area contributed by atoms with Crippen molar-refractivity contribution in [3.05, 3.63) is 199 Å². The van der Waals surface area contributed by atoms with Gasteiger partial charge in [0.15, 0.2) is 0 Å². The number of para-hydroxylation sites is 3. The predicted octanol–water partition coefficient (Wildman–Crippen LogP) is 14.0. The van der Waals surface area contributed by atoms with Gasteiger partial charge in [-0.25, -0.2) is 4.98 Å². The van der Waals surface area contributed by atoms with Crippen LogP contribution in [0.3, 0.4) is 0 Å². The molecule has 8 aromatic carbocycles. The predicted molar refractivity (Wildman–Crippen MR) is 247 cm³/mol. The maximum atomic E-state index is 12.3. The summed E-state index contributed by atoms with van der Waals surface area (Å²) in [7, 11) is 0. The van der Waals surface area contributed by atoms with Crippen LogP contribution in [0.5, 0.6) is 11.5 Å². The molecule has 0 saturated heterocycles. The molecule has 0 radical (unpaired) electrons. The van der Waals surface area contributed by atoms with Crippen molar-refractivity contribution >= 4 is 43.6 Å². The summed E-state index contributed by atoms with van der Waals surface area (Å²) in [4.78, 5) is 5.31. The van der Waals surface area contributed by atoms with Crippen molar-refractivity contribution in [3.63, 3.8) is 0 Å². The Morgan fingerprint density at radius 2 is 0.833 bits per heavy atom. The van der Waals surface area contributed by atoms with Crippen molar-refractivity contribution in [3.8, 4) is 67.6 Å². The maximum Gasteiger partial charge on any atom is 0.147 e. The molecule has 0 saturated carbocycles. The van der Waals surface area contributed by atoms with Crippen molar-refractivity contribution < 1.29 is 10.2 Å². The molecule has 286 valence electrons. The van der Waals surface area contributed by atoms with Gasteiger partial charge in [-0.1, -0.05) is 127 Å². The van der Waals surface area contributed by atoms with Gasteiger partial charge in [-0.2, -0.15) is 0 Å². The zero-order valence-corrected chi connectivity index (χ0v) is 33.1. The third kappa shape index (κ3) is 5.58. The zero-order chi connectivity index (χ0) is 40.5. The molecule has 2 N–H and O–H groups in total. The highest BCUT2D eigenvalue weighted by molar-refractivity contribution is 6.11. The van der Waals surface area contributed by atoms with Crippen molar-refractivity contribution in [2.45, 2.75) is 13.8 Å². The molecular weight excluding hydrogens is 735 g/mol. The van der Waals surface area contributed by atoms with Gasteiger partial charge in [-0.15, -0.1) is 0 Å². The molecule has 0 unspecified atom stereocenters. The number of nitrogens with zero attached hydrogens (tertiary/aromatic N) is 3. The second-order valence-corrected chi connectivity index (χ2v) is 15.6. The lowest BCUT2D eigenvalue weighted by Gasteiger charge is -2.17. The first-order chi connectivity index (χ1) is 29.4. The van der Waals surface area contributed by atoms with Gasteiger partial charge in [0.1, 0.15) is 11.5 Å². The Bertz CT molecular complexity index is 3430. The van der Waals surface area contributed by atoms with Crippen LogP contribution in [-0.2, 0) is 0 Å². The Labute approximate surface area is 347 Å². The molecule has 11 aromatic rings. The van der Waals surface area contributed by atoms with E-state index in [9.17, 15) is 10.2 Å². The molecule has 0 atom stereocenters. The molecule has 5 heteroatoms. The lowest BCUT2D eigenvalue weighted by atomic mass is 9.94. The van der Waals surface area contributed by atoms with Gasteiger partial charge in [-0.3, -0.25) is 0 Å². The summed E-state index contributed by atoms with van der Waals surface area (Å²) in [5.74, 6) is 0.445. The van der Waals surface area contributed by atoms with E-state index in [1.54, 1.807) is 0 Å². The fraction of sp³-hybridized carbons (Fsp3) is 0.0364. The van der Waals surface area contributed by atoms with Crippen LogP contribution >= 0.6 is 0 Å². The first-order valence-corrected chi connectivity index (χ1v) is 20.2. The van der Waals surface area contributed by atoms with Crippen molar-refractivity contribution in [1.82, 2.24) is 14.1 Å². The lowest BCUT2D eigenvalue weighted by molar-refractivity contribution is 0.474. The normalized spacial score (nSPS) is 11.6. The minimum Gasteiger partial charge on any atom is -0.505 e. The Hall–Kier alpha value is -7.89. The first-order valence-electron chi connectivity index (χ1n) is 20.2. The van der Waals surface area contributed by atoms with Crippen LogP contribution in [0.2, 0.25) is 0 Å². The Balaban J connectivity index is 1.06. The summed E-state index contributed by atoms with van der Waals surface area (Å²) in [6.45, 7) is 4.15. The standard InChI is InChI=1S/C55H39N3O2/c1-34-29-44(36-15-4-3-5-16-36)54(59)52(31-34)58-50-26-13-10-21-42(50)43-28-27-37(33-51(43)58)46-22-14-23-47(56-46)39-18-7-6-17-38(39)45-30-35(2)32-53(55(45)60)57-48-24-11-8-19-40(48)41-20-9-12-25-49(41)57/h3-33,59-60H,1-2H3. The number of benzene rings is 8. The van der Waals surface area contributed by atoms with Crippen LogP contribution in [0.15, 0.2) is 188 Å². The van der Waals surface area contributed by atoms with E-state index in [4.69, 9.17) is 4.98 Å². The third-order valence-corrected chi connectivity index (χ3v) is 11.8. The molecular formula is C55H39N3O2. The minimum absolute atomic E-state index is 0.212. The van der Waals surface area contributed by atoms with Crippen LogP contribution < -0.4 is 0 Å². The fourth-order valence-electron chi connectivity index (χ4n) is 9.16. The molecule has 0 fully saturated rings. The van der Waals surface area contributed by atoms with E-state index in [-0.39, 0.29) is 11.5 Å². The van der Waals surface area contributed by atoms with Crippen LogP contribution in [0.4, 0.5) is 0 Å². The van der Waals surface area contributed by atoms with Crippen LogP contribution in [0.25, 0.3) is 99.8 Å². The number of pyridine rings is 1. The molecule has 3 aromatic heterocycles. The highest BCUT2D eigenvalue weighted by Gasteiger charge is 2.22. The van der Waals surface area contributed by atoms with Gasteiger partial charge in [-0.05, 0) is 96.8 Å². The van der Waals surface area contributed by atoms with Crippen molar-refractivity contribution in [2.75, 3.05) is 0 Å². The monoisotopic (exact) mass is 773 g/mol. The molecule has 0 spiro atoms. The maximum absolute atomic E-state index is 12.3. The van der Waals surface area contributed by atoms with E-state index in [1.165, 1.54) is 0 Å². The number of rotatable bonds is 6. The minimum atomic E-state index is 0.212. The molecule has 3 heterocycles. The van der Waals surface area contributed by atoms with Crippen molar-refractivity contribution in [1.29, 1.82) is 0 Å². The third-order valence-electron chi connectivity index (χ3n) is 11.8. The van der Waals surface area contributed by atoms with E-state index in [2.05, 4.69) is 126 Å². The van der Waals surface area contributed by atoms with E-state index < -0.39 is 0 Å². The largest absolute Gasteiger partial charge is 0.505 e. The van der Waals surface area contributed by atoms with Gasteiger partial charge in [0.2, 0.25) is 0 Å². The van der Waals surface area contributed by atoms with Gasteiger partial charge in [0.05, 0.1) is 44.8 Å². The number of phenolic OH excluding ortho intramolecular Hbond substituents is 2. The van der Waals surface area contributed by atoms with E-state index in [1.807, 2.05) is 84.9 Å². The molecule has 60 heavy (non-hydrogen) atoms. The molecule has 11 rings (SSSR count). The molecule has 0 amide bonds. The number of hydrogen-bond donors (Lipinski definition) is 2. The summed E-state index contributed by atoms with van der Waals surface area (Å²) in [6, 6.07) is 64.2. The topological polar surface area (TPSA) is 63.2 Å². The number of phenols is 2. The van der Waals surface area contributed by atoms with E-state index >= 15 is 0 Å². The van der Waals surface area contributed by atoms with Crippen LogP contribution in [-0.4, -0.2) is 24.3 Å². The molecule has 0 bridgehead atoms. The van der Waals surface area contributed by atoms with Crippen molar-refractivity contribution in [2.24, 2.45) is 0 Å².